The van der Waals surface area contributed by atoms with Crippen LogP contribution in [0, 0.1) is 5.92 Å². The third-order valence-corrected chi connectivity index (χ3v) is 9.89. The van der Waals surface area contributed by atoms with E-state index in [4.69, 9.17) is 4.43 Å². The Bertz CT molecular complexity index is 593. The highest BCUT2D eigenvalue weighted by Crippen LogP contribution is 2.39. The molecule has 6 nitrogen and oxygen atoms in total. The average molecular weight is 352 g/mol. The molecular formula is C17H29N3O3Si. The van der Waals surface area contributed by atoms with E-state index in [1.54, 1.807) is 12.4 Å². The Hall–Kier alpha value is -1.47. The van der Waals surface area contributed by atoms with Gasteiger partial charge < -0.3 is 9.74 Å². The Morgan fingerprint density at radius 2 is 2.12 bits per heavy atom. The van der Waals surface area contributed by atoms with E-state index in [9.17, 15) is 9.59 Å². The summed E-state index contributed by atoms with van der Waals surface area (Å²) in [6, 6.07) is 0.00439. The van der Waals surface area contributed by atoms with Gasteiger partial charge in [-0.25, -0.2) is 4.98 Å². The molecule has 1 aromatic rings. The summed E-state index contributed by atoms with van der Waals surface area (Å²) in [5, 5.41) is 3.02. The van der Waals surface area contributed by atoms with Crippen molar-refractivity contribution in [2.45, 2.75) is 70.8 Å². The average Bonchev–Trinajstić information content (AvgIpc) is 2.94. The quantitative estimate of drug-likeness (QED) is 0.632. The molecule has 0 aromatic carbocycles. The Morgan fingerprint density at radius 3 is 2.62 bits per heavy atom. The van der Waals surface area contributed by atoms with Gasteiger partial charge in [-0.3, -0.25) is 14.2 Å². The van der Waals surface area contributed by atoms with Gasteiger partial charge in [0.2, 0.25) is 11.8 Å². The summed E-state index contributed by atoms with van der Waals surface area (Å²) in [5.41, 5.74) is 0. The maximum absolute atomic E-state index is 12.1. The molecule has 0 unspecified atom stereocenters. The molecule has 2 heterocycles. The van der Waals surface area contributed by atoms with Crippen molar-refractivity contribution in [1.82, 2.24) is 14.9 Å². The summed E-state index contributed by atoms with van der Waals surface area (Å²) in [4.78, 5) is 27.9. The van der Waals surface area contributed by atoms with Crippen LogP contribution in [0.15, 0.2) is 18.7 Å². The standard InChI is InChI=1S/C17H29N3O3Si/c1-12(23-24(5,6)17(2,3)4)15-13(19-16(15)22)7-8-14(21)20-10-9-18-11-20/h9-13,15H,7-8H2,1-6H3,(H,19,22)/t12-,13+,15-/m1/s1. The molecule has 2 rings (SSSR count). The number of hydrogen-bond acceptors (Lipinski definition) is 4. The van der Waals surface area contributed by atoms with Gasteiger partial charge in [-0.15, -0.1) is 0 Å². The minimum absolute atomic E-state index is 0.00439. The van der Waals surface area contributed by atoms with Crippen molar-refractivity contribution in [2.75, 3.05) is 0 Å². The van der Waals surface area contributed by atoms with Crippen LogP contribution in [-0.2, 0) is 9.22 Å². The van der Waals surface area contributed by atoms with Gasteiger partial charge in [0, 0.05) is 24.9 Å². The third kappa shape index (κ3) is 3.95. The number of imidazole rings is 1. The van der Waals surface area contributed by atoms with E-state index in [0.29, 0.717) is 12.8 Å². The molecule has 1 aliphatic rings. The van der Waals surface area contributed by atoms with Crippen molar-refractivity contribution < 1.29 is 14.0 Å². The van der Waals surface area contributed by atoms with Gasteiger partial charge in [0.15, 0.2) is 8.32 Å². The lowest BCUT2D eigenvalue weighted by atomic mass is 9.83. The SMILES string of the molecule is C[C@@H](O[Si](C)(C)C(C)(C)C)[C@H]1C(=O)N[C@H]1CCC(=O)n1ccnc1. The number of amides is 1. The highest BCUT2D eigenvalue weighted by Gasteiger charge is 2.47. The number of hydrogen-bond donors (Lipinski definition) is 1. The predicted molar refractivity (Wildman–Crippen MR) is 95.3 cm³/mol. The van der Waals surface area contributed by atoms with Gasteiger partial charge in [-0.05, 0) is 31.5 Å². The fourth-order valence-electron chi connectivity index (χ4n) is 2.78. The molecule has 0 saturated carbocycles. The monoisotopic (exact) mass is 351 g/mol. The van der Waals surface area contributed by atoms with Gasteiger partial charge in [0.1, 0.15) is 6.33 Å². The van der Waals surface area contributed by atoms with Crippen LogP contribution in [0.5, 0.6) is 0 Å². The van der Waals surface area contributed by atoms with E-state index in [2.05, 4.69) is 44.2 Å². The van der Waals surface area contributed by atoms with Gasteiger partial charge >= 0.3 is 0 Å². The first-order valence-electron chi connectivity index (χ1n) is 8.52. The first kappa shape index (κ1) is 18.9. The summed E-state index contributed by atoms with van der Waals surface area (Å²) in [6.07, 6.45) is 5.60. The minimum Gasteiger partial charge on any atom is -0.413 e. The molecule has 1 aromatic heterocycles. The molecule has 1 aliphatic heterocycles. The topological polar surface area (TPSA) is 73.2 Å². The fourth-order valence-corrected chi connectivity index (χ4v) is 4.21. The second-order valence-corrected chi connectivity index (χ2v) is 12.9. The molecule has 7 heteroatoms. The molecule has 24 heavy (non-hydrogen) atoms. The van der Waals surface area contributed by atoms with E-state index in [1.165, 1.54) is 10.9 Å². The highest BCUT2D eigenvalue weighted by atomic mass is 28.4. The first-order chi connectivity index (χ1) is 11.0. The maximum atomic E-state index is 12.1. The summed E-state index contributed by atoms with van der Waals surface area (Å²) >= 11 is 0. The van der Waals surface area contributed by atoms with Crippen LogP contribution in [0.3, 0.4) is 0 Å². The van der Waals surface area contributed by atoms with Crippen LogP contribution in [-0.4, -0.2) is 41.8 Å². The number of aromatic nitrogens is 2. The maximum Gasteiger partial charge on any atom is 0.231 e. The molecular weight excluding hydrogens is 322 g/mol. The summed E-state index contributed by atoms with van der Waals surface area (Å²) < 4.78 is 7.84. The molecule has 0 bridgehead atoms. The lowest BCUT2D eigenvalue weighted by Crippen LogP contribution is -2.63. The Labute approximate surface area is 145 Å². The van der Waals surface area contributed by atoms with E-state index in [-0.39, 0.29) is 34.9 Å². The lowest BCUT2D eigenvalue weighted by molar-refractivity contribution is -0.140. The fraction of sp³-hybridized carbons (Fsp3) is 0.706. The number of carbonyl (C=O) groups excluding carboxylic acids is 2. The lowest BCUT2D eigenvalue weighted by Gasteiger charge is -2.45. The van der Waals surface area contributed by atoms with Crippen molar-refractivity contribution in [3.63, 3.8) is 0 Å². The second-order valence-electron chi connectivity index (χ2n) is 8.13. The van der Waals surface area contributed by atoms with Gasteiger partial charge in [-0.1, -0.05) is 20.8 Å². The Kier molecular flexibility index (Phi) is 5.34. The second kappa shape index (κ2) is 6.80. The molecule has 1 saturated heterocycles. The van der Waals surface area contributed by atoms with Gasteiger partial charge in [-0.2, -0.15) is 0 Å². The third-order valence-electron chi connectivity index (χ3n) is 5.32. The molecule has 0 aliphatic carbocycles. The number of nitrogens with one attached hydrogen (secondary N) is 1. The normalized spacial score (nSPS) is 22.7. The zero-order valence-electron chi connectivity index (χ0n) is 15.5. The largest absolute Gasteiger partial charge is 0.413 e. The highest BCUT2D eigenvalue weighted by molar-refractivity contribution is 6.74. The van der Waals surface area contributed by atoms with Gasteiger partial charge in [0.05, 0.1) is 12.0 Å². The zero-order chi connectivity index (χ0) is 18.1. The molecule has 3 atom stereocenters. The van der Waals surface area contributed by atoms with Crippen LogP contribution in [0.1, 0.15) is 45.3 Å². The van der Waals surface area contributed by atoms with Crippen molar-refractivity contribution in [3.05, 3.63) is 18.7 Å². The number of nitrogens with zero attached hydrogens (tertiary/aromatic N) is 2. The van der Waals surface area contributed by atoms with Crippen molar-refractivity contribution in [2.24, 2.45) is 5.92 Å². The van der Waals surface area contributed by atoms with Crippen LogP contribution in [0.4, 0.5) is 0 Å². The summed E-state index contributed by atoms with van der Waals surface area (Å²) in [7, 11) is -1.92. The van der Waals surface area contributed by atoms with Gasteiger partial charge in [0.25, 0.3) is 0 Å². The predicted octanol–water partition coefficient (Wildman–Crippen LogP) is 2.83. The van der Waals surface area contributed by atoms with E-state index in [0.717, 1.165) is 0 Å². The first-order valence-corrected chi connectivity index (χ1v) is 11.4. The van der Waals surface area contributed by atoms with E-state index < -0.39 is 8.32 Å². The Balaban J connectivity index is 1.92. The van der Waals surface area contributed by atoms with Crippen LogP contribution in [0.25, 0.3) is 0 Å². The summed E-state index contributed by atoms with van der Waals surface area (Å²) in [5.74, 6) is -0.152. The molecule has 1 amide bonds. The van der Waals surface area contributed by atoms with Crippen molar-refractivity contribution in [3.8, 4) is 0 Å². The smallest absolute Gasteiger partial charge is 0.231 e. The number of β-lactam (4-membered cyclic amide) rings is 1. The van der Waals surface area contributed by atoms with E-state index >= 15 is 0 Å². The minimum atomic E-state index is -1.92. The Morgan fingerprint density at radius 1 is 1.46 bits per heavy atom. The molecule has 1 N–H and O–H groups in total. The number of rotatable bonds is 6. The van der Waals surface area contributed by atoms with Crippen LogP contribution in [0.2, 0.25) is 18.1 Å². The molecule has 0 radical (unpaired) electrons. The van der Waals surface area contributed by atoms with Crippen LogP contribution < -0.4 is 5.32 Å². The molecule has 134 valence electrons. The summed E-state index contributed by atoms with van der Waals surface area (Å²) in [6.45, 7) is 12.9. The molecule has 0 spiro atoms. The van der Waals surface area contributed by atoms with Crippen molar-refractivity contribution in [1.29, 1.82) is 0 Å². The van der Waals surface area contributed by atoms with Crippen LogP contribution >= 0.6 is 0 Å². The van der Waals surface area contributed by atoms with Crippen molar-refractivity contribution >= 4 is 20.1 Å². The molecule has 1 fully saturated rings. The van der Waals surface area contributed by atoms with E-state index in [1.807, 2.05) is 6.92 Å². The zero-order valence-corrected chi connectivity index (χ0v) is 16.5. The number of carbonyl (C=O) groups is 2.